The number of anilines is 1. The molecule has 1 aliphatic heterocycles. The number of hydrogen-bond donors (Lipinski definition) is 0. The molecule has 8 nitrogen and oxygen atoms in total. The highest BCUT2D eigenvalue weighted by Gasteiger charge is 2.28. The second-order valence-corrected chi connectivity index (χ2v) is 7.41. The summed E-state index contributed by atoms with van der Waals surface area (Å²) in [6.45, 7) is 3.12. The van der Waals surface area contributed by atoms with Crippen LogP contribution in [0, 0.1) is 0 Å². The Morgan fingerprint density at radius 3 is 2.48 bits per heavy atom. The van der Waals surface area contributed by atoms with E-state index in [1.807, 2.05) is 0 Å². The number of sulfonamides is 1. The number of amides is 1. The van der Waals surface area contributed by atoms with Crippen molar-refractivity contribution in [2.24, 2.45) is 0 Å². The summed E-state index contributed by atoms with van der Waals surface area (Å²) in [5, 5.41) is 0. The lowest BCUT2D eigenvalue weighted by molar-refractivity contribution is -0.133. The molecular weight excluding hydrogens is 348 g/mol. The number of benzene rings is 1. The highest BCUT2D eigenvalue weighted by atomic mass is 32.2. The number of hydrogen-bond acceptors (Lipinski definition) is 6. The van der Waals surface area contributed by atoms with E-state index < -0.39 is 16.0 Å². The van der Waals surface area contributed by atoms with E-state index in [1.54, 1.807) is 24.0 Å². The minimum Gasteiger partial charge on any atom is -0.462 e. The first-order valence-electron chi connectivity index (χ1n) is 7.94. The summed E-state index contributed by atoms with van der Waals surface area (Å²) in [6, 6.07) is 6.18. The minimum atomic E-state index is -3.78. The molecule has 0 aromatic heterocycles. The van der Waals surface area contributed by atoms with Crippen molar-refractivity contribution in [3.63, 3.8) is 0 Å². The summed E-state index contributed by atoms with van der Waals surface area (Å²) in [5.74, 6) is -0.974. The number of rotatable bonds is 6. The first kappa shape index (κ1) is 19.2. The lowest BCUT2D eigenvalue weighted by atomic mass is 10.2. The quantitative estimate of drug-likeness (QED) is 0.677. The summed E-state index contributed by atoms with van der Waals surface area (Å²) in [5.41, 5.74) is 0.231. The maximum absolute atomic E-state index is 12.5. The number of nitrogens with zero attached hydrogens (tertiary/aromatic N) is 2. The Labute approximate surface area is 147 Å². The van der Waals surface area contributed by atoms with Crippen LogP contribution in [0.1, 0.15) is 17.3 Å². The monoisotopic (exact) mass is 370 g/mol. The highest BCUT2D eigenvalue weighted by Crippen LogP contribution is 2.24. The zero-order chi connectivity index (χ0) is 18.4. The molecule has 1 aliphatic rings. The van der Waals surface area contributed by atoms with Gasteiger partial charge in [0.15, 0.2) is 0 Å². The molecule has 1 amide bonds. The fraction of sp³-hybridized carbons (Fsp3) is 0.500. The summed E-state index contributed by atoms with van der Waals surface area (Å²) >= 11 is 0. The van der Waals surface area contributed by atoms with Crippen molar-refractivity contribution >= 4 is 27.6 Å². The summed E-state index contributed by atoms with van der Waals surface area (Å²) in [7, 11) is -3.78. The van der Waals surface area contributed by atoms with E-state index in [0.717, 1.165) is 10.6 Å². The molecule has 1 heterocycles. The number of esters is 1. The number of carbonyl (C=O) groups excluding carboxylic acids is 2. The molecule has 0 aliphatic carbocycles. The van der Waals surface area contributed by atoms with Crippen molar-refractivity contribution in [3.8, 4) is 0 Å². The van der Waals surface area contributed by atoms with Crippen LogP contribution in [0.25, 0.3) is 0 Å². The first-order chi connectivity index (χ1) is 11.8. The molecule has 9 heteroatoms. The predicted octanol–water partition coefficient (Wildman–Crippen LogP) is 0.488. The SMILES string of the molecule is CCOC(=O)c1ccccc1N(CC(=O)N1CCOCC1)S(C)(=O)=O. The molecule has 0 atom stereocenters. The van der Waals surface area contributed by atoms with Gasteiger partial charge < -0.3 is 14.4 Å². The second-order valence-electron chi connectivity index (χ2n) is 5.50. The molecule has 1 aromatic carbocycles. The van der Waals surface area contributed by atoms with E-state index in [-0.39, 0.29) is 30.3 Å². The topological polar surface area (TPSA) is 93.2 Å². The van der Waals surface area contributed by atoms with Gasteiger partial charge in [0.1, 0.15) is 6.54 Å². The van der Waals surface area contributed by atoms with Crippen molar-refractivity contribution in [3.05, 3.63) is 29.8 Å². The van der Waals surface area contributed by atoms with Crippen molar-refractivity contribution < 1.29 is 27.5 Å². The fourth-order valence-electron chi connectivity index (χ4n) is 2.49. The van der Waals surface area contributed by atoms with Gasteiger partial charge in [-0.3, -0.25) is 9.10 Å². The number of para-hydroxylation sites is 1. The average molecular weight is 370 g/mol. The van der Waals surface area contributed by atoms with Crippen LogP contribution in [0.15, 0.2) is 24.3 Å². The predicted molar refractivity (Wildman–Crippen MR) is 92.0 cm³/mol. The third-order valence-electron chi connectivity index (χ3n) is 3.71. The van der Waals surface area contributed by atoms with Crippen molar-refractivity contribution in [1.29, 1.82) is 0 Å². The molecule has 0 spiro atoms. The summed E-state index contributed by atoms with van der Waals surface area (Å²) in [4.78, 5) is 26.2. The smallest absolute Gasteiger partial charge is 0.340 e. The lowest BCUT2D eigenvalue weighted by Gasteiger charge is -2.30. The molecule has 2 rings (SSSR count). The average Bonchev–Trinajstić information content (AvgIpc) is 2.59. The van der Waals surface area contributed by atoms with E-state index in [9.17, 15) is 18.0 Å². The Kier molecular flexibility index (Phi) is 6.38. The molecule has 0 radical (unpaired) electrons. The van der Waals surface area contributed by atoms with Crippen LogP contribution in [-0.4, -0.2) is 70.9 Å². The van der Waals surface area contributed by atoms with Crippen molar-refractivity contribution in [2.75, 3.05) is 50.0 Å². The molecule has 0 unspecified atom stereocenters. The Bertz CT molecular complexity index is 728. The maximum Gasteiger partial charge on any atom is 0.340 e. The van der Waals surface area contributed by atoms with Crippen molar-refractivity contribution in [1.82, 2.24) is 4.90 Å². The van der Waals surface area contributed by atoms with Gasteiger partial charge in [-0.1, -0.05) is 12.1 Å². The van der Waals surface area contributed by atoms with Crippen LogP contribution in [-0.2, 0) is 24.3 Å². The van der Waals surface area contributed by atoms with Gasteiger partial charge in [0.05, 0.1) is 37.3 Å². The van der Waals surface area contributed by atoms with Crippen LogP contribution >= 0.6 is 0 Å². The minimum absolute atomic E-state index is 0.101. The summed E-state index contributed by atoms with van der Waals surface area (Å²) in [6.07, 6.45) is 1.00. The normalized spacial score (nSPS) is 14.9. The number of morpholine rings is 1. The van der Waals surface area contributed by atoms with E-state index >= 15 is 0 Å². The molecule has 25 heavy (non-hydrogen) atoms. The zero-order valence-electron chi connectivity index (χ0n) is 14.3. The third kappa shape index (κ3) is 4.93. The Hall–Kier alpha value is -2.13. The van der Waals surface area contributed by atoms with Gasteiger partial charge >= 0.3 is 5.97 Å². The number of carbonyl (C=O) groups is 2. The van der Waals surface area contributed by atoms with Crippen LogP contribution in [0.5, 0.6) is 0 Å². The van der Waals surface area contributed by atoms with E-state index in [4.69, 9.17) is 9.47 Å². The van der Waals surface area contributed by atoms with Crippen LogP contribution in [0.3, 0.4) is 0 Å². The number of ether oxygens (including phenoxy) is 2. The van der Waals surface area contributed by atoms with Gasteiger partial charge in [0, 0.05) is 13.1 Å². The molecule has 1 saturated heterocycles. The Morgan fingerprint density at radius 2 is 1.88 bits per heavy atom. The van der Waals surface area contributed by atoms with Crippen LogP contribution < -0.4 is 4.31 Å². The van der Waals surface area contributed by atoms with E-state index in [0.29, 0.717) is 26.3 Å². The van der Waals surface area contributed by atoms with E-state index in [2.05, 4.69) is 0 Å². The molecule has 0 bridgehead atoms. The van der Waals surface area contributed by atoms with Gasteiger partial charge in [-0.2, -0.15) is 0 Å². The molecule has 1 aromatic rings. The van der Waals surface area contributed by atoms with Gasteiger partial charge in [0.25, 0.3) is 0 Å². The van der Waals surface area contributed by atoms with Gasteiger partial charge in [0.2, 0.25) is 15.9 Å². The highest BCUT2D eigenvalue weighted by molar-refractivity contribution is 7.92. The largest absolute Gasteiger partial charge is 0.462 e. The van der Waals surface area contributed by atoms with Gasteiger partial charge in [-0.05, 0) is 19.1 Å². The third-order valence-corrected chi connectivity index (χ3v) is 4.84. The molecule has 0 N–H and O–H groups in total. The van der Waals surface area contributed by atoms with Crippen molar-refractivity contribution in [2.45, 2.75) is 6.92 Å². The molecule has 138 valence electrons. The van der Waals surface area contributed by atoms with Gasteiger partial charge in [-0.25, -0.2) is 13.2 Å². The van der Waals surface area contributed by atoms with Gasteiger partial charge in [-0.15, -0.1) is 0 Å². The summed E-state index contributed by atoms with van der Waals surface area (Å²) < 4.78 is 35.6. The fourth-order valence-corrected chi connectivity index (χ4v) is 3.35. The zero-order valence-corrected chi connectivity index (χ0v) is 15.1. The lowest BCUT2D eigenvalue weighted by Crippen LogP contribution is -2.47. The molecular formula is C16H22N2O6S. The Balaban J connectivity index is 2.32. The van der Waals surface area contributed by atoms with Crippen LogP contribution in [0.2, 0.25) is 0 Å². The first-order valence-corrected chi connectivity index (χ1v) is 9.78. The standard InChI is InChI=1S/C16H22N2O6S/c1-3-24-16(20)13-6-4-5-7-14(13)18(25(2,21)22)12-15(19)17-8-10-23-11-9-17/h4-7H,3,8-12H2,1-2H3. The van der Waals surface area contributed by atoms with E-state index in [1.165, 1.54) is 12.1 Å². The van der Waals surface area contributed by atoms with Crippen LogP contribution in [0.4, 0.5) is 5.69 Å². The maximum atomic E-state index is 12.5. The Morgan fingerprint density at radius 1 is 1.24 bits per heavy atom. The molecule has 0 saturated carbocycles. The second kappa shape index (κ2) is 8.30. The molecule has 1 fully saturated rings.